The van der Waals surface area contributed by atoms with Crippen molar-refractivity contribution in [2.45, 2.75) is 80.2 Å². The Bertz CT molecular complexity index is 1120. The van der Waals surface area contributed by atoms with Crippen molar-refractivity contribution in [1.29, 1.82) is 0 Å². The number of hydrogen-bond acceptors (Lipinski definition) is 4. The quantitative estimate of drug-likeness (QED) is 0.330. The first-order chi connectivity index (χ1) is 17.9. The molecule has 1 heterocycles. The Morgan fingerprint density at radius 3 is 2.19 bits per heavy atom. The van der Waals surface area contributed by atoms with Crippen LogP contribution < -0.4 is 5.32 Å². The number of aryl methyl sites for hydroxylation is 2. The minimum Gasteiger partial charge on any atom is -0.378 e. The Hall–Kier alpha value is -3.53. The number of carbonyl (C=O) groups is 1. The molecule has 4 nitrogen and oxygen atoms in total. The summed E-state index contributed by atoms with van der Waals surface area (Å²) in [4.78, 5) is 19.8. The fourth-order valence-corrected chi connectivity index (χ4v) is 3.96. The highest BCUT2D eigenvalue weighted by Gasteiger charge is 2.18. The van der Waals surface area contributed by atoms with Gasteiger partial charge in [-0.25, -0.2) is 0 Å². The van der Waals surface area contributed by atoms with Gasteiger partial charge in [-0.15, -0.1) is 0 Å². The summed E-state index contributed by atoms with van der Waals surface area (Å²) in [6.07, 6.45) is 9.02. The van der Waals surface area contributed by atoms with Gasteiger partial charge < -0.3 is 5.32 Å². The number of rotatable bonds is 7. The summed E-state index contributed by atoms with van der Waals surface area (Å²) in [6.45, 7) is 22.1. The Labute approximate surface area is 225 Å². The van der Waals surface area contributed by atoms with Gasteiger partial charge >= 0.3 is 0 Å². The topological polar surface area (TPSA) is 54.9 Å². The highest BCUT2D eigenvalue weighted by atomic mass is 16.1. The van der Waals surface area contributed by atoms with Gasteiger partial charge in [-0.2, -0.15) is 0 Å². The van der Waals surface area contributed by atoms with Crippen LogP contribution in [0.5, 0.6) is 0 Å². The fourth-order valence-electron chi connectivity index (χ4n) is 3.96. The molecule has 3 aromatic rings. The predicted octanol–water partition coefficient (Wildman–Crippen LogP) is 8.70. The first-order valence-corrected chi connectivity index (χ1v) is 13.5. The van der Waals surface area contributed by atoms with Crippen molar-refractivity contribution in [2.24, 2.45) is 0 Å². The zero-order valence-corrected chi connectivity index (χ0v) is 23.9. The van der Waals surface area contributed by atoms with Crippen LogP contribution in [0.4, 0.5) is 0 Å². The van der Waals surface area contributed by atoms with Gasteiger partial charge in [0.1, 0.15) is 0 Å². The van der Waals surface area contributed by atoms with E-state index in [2.05, 4.69) is 77.8 Å². The monoisotopic (exact) mass is 499 g/mol. The smallest absolute Gasteiger partial charge is 0.163 e. The van der Waals surface area contributed by atoms with Gasteiger partial charge in [0.2, 0.25) is 0 Å². The molecular formula is C33H45N3O. The fraction of sp³-hybridized carbons (Fsp3) is 0.364. The summed E-state index contributed by atoms with van der Waals surface area (Å²) in [5.74, 6) is 0.327. The summed E-state index contributed by atoms with van der Waals surface area (Å²) < 4.78 is 0. The van der Waals surface area contributed by atoms with Crippen molar-refractivity contribution < 1.29 is 4.79 Å². The van der Waals surface area contributed by atoms with E-state index in [0.29, 0.717) is 12.2 Å². The molecule has 0 aliphatic heterocycles. The molecule has 1 atom stereocenters. The van der Waals surface area contributed by atoms with E-state index >= 15 is 0 Å². The van der Waals surface area contributed by atoms with Crippen LogP contribution >= 0.6 is 0 Å². The minimum absolute atomic E-state index is 0.0865. The molecule has 1 aliphatic carbocycles. The zero-order valence-electron chi connectivity index (χ0n) is 23.9. The molecular weight excluding hydrogens is 454 g/mol. The molecule has 4 heteroatoms. The van der Waals surface area contributed by atoms with Gasteiger partial charge in [0, 0.05) is 35.6 Å². The van der Waals surface area contributed by atoms with E-state index in [1.165, 1.54) is 11.1 Å². The molecule has 4 rings (SSSR count). The molecule has 0 radical (unpaired) electrons. The maximum absolute atomic E-state index is 11.4. The highest BCUT2D eigenvalue weighted by molar-refractivity contribution is 6.00. The normalized spacial score (nSPS) is 11.8. The maximum Gasteiger partial charge on any atom is 0.163 e. The third kappa shape index (κ3) is 9.80. The first-order valence-electron chi connectivity index (χ1n) is 13.5. The summed E-state index contributed by atoms with van der Waals surface area (Å²) >= 11 is 0. The Kier molecular flexibility index (Phi) is 14.5. The molecule has 1 unspecified atom stereocenters. The standard InChI is InChI=1S/C17H19N3.C12H14O.2C2H6/c1-12(2)17(20-13(3)4)15-7-5-14(6-8-15)16-11-18-9-10-19-16;1-2-3-9-4-5-10-6-7-12(13)11(10)8-9;2*1-2/h5-11,17,20H,1,3H2,2,4H3;4-5,8H,2-3,6-7H2,1H3;2*1-2H3. The van der Waals surface area contributed by atoms with Crippen molar-refractivity contribution >= 4 is 5.78 Å². The number of hydrogen-bond donors (Lipinski definition) is 1. The molecule has 0 fully saturated rings. The first kappa shape index (κ1) is 31.5. The minimum atomic E-state index is 0.0865. The molecule has 198 valence electrons. The predicted molar refractivity (Wildman–Crippen MR) is 159 cm³/mol. The molecule has 0 saturated heterocycles. The SMILES string of the molecule is C=C(C)NC(C(=C)C)c1ccc(-c2cnccn2)cc1.CC.CC.CCCc1ccc2c(c1)C(=O)CC2. The molecule has 1 aromatic heterocycles. The number of Topliss-reactive ketones (excluding diaryl/α,β-unsaturated/α-hetero) is 1. The summed E-state index contributed by atoms with van der Waals surface area (Å²) in [5.41, 5.74) is 8.59. The van der Waals surface area contributed by atoms with Crippen LogP contribution in [0.2, 0.25) is 0 Å². The third-order valence-corrected chi connectivity index (χ3v) is 5.62. The van der Waals surface area contributed by atoms with Gasteiger partial charge in [-0.3, -0.25) is 14.8 Å². The van der Waals surface area contributed by atoms with Crippen molar-refractivity contribution in [3.8, 4) is 11.3 Å². The molecule has 1 N–H and O–H groups in total. The van der Waals surface area contributed by atoms with Gasteiger partial charge in [-0.05, 0) is 49.4 Å². The maximum atomic E-state index is 11.4. The van der Waals surface area contributed by atoms with Gasteiger partial charge in [-0.1, -0.05) is 96.2 Å². The average molecular weight is 500 g/mol. The number of ketones is 1. The largest absolute Gasteiger partial charge is 0.378 e. The van der Waals surface area contributed by atoms with Crippen molar-refractivity contribution in [3.05, 3.63) is 108 Å². The third-order valence-electron chi connectivity index (χ3n) is 5.62. The van der Waals surface area contributed by atoms with Gasteiger partial charge in [0.05, 0.1) is 17.9 Å². The summed E-state index contributed by atoms with van der Waals surface area (Å²) in [6, 6.07) is 14.7. The number of carbonyl (C=O) groups excluding carboxylic acids is 1. The molecule has 37 heavy (non-hydrogen) atoms. The summed E-state index contributed by atoms with van der Waals surface area (Å²) in [7, 11) is 0. The Balaban J connectivity index is 0.000000347. The number of fused-ring (bicyclic) bond motifs is 1. The molecule has 1 aliphatic rings. The lowest BCUT2D eigenvalue weighted by Crippen LogP contribution is -2.19. The highest BCUT2D eigenvalue weighted by Crippen LogP contribution is 2.25. The summed E-state index contributed by atoms with van der Waals surface area (Å²) in [5, 5.41) is 3.33. The van der Waals surface area contributed by atoms with E-state index in [9.17, 15) is 4.79 Å². The molecule has 2 aromatic carbocycles. The van der Waals surface area contributed by atoms with Crippen molar-refractivity contribution in [3.63, 3.8) is 0 Å². The van der Waals surface area contributed by atoms with E-state index < -0.39 is 0 Å². The lowest BCUT2D eigenvalue weighted by Gasteiger charge is -2.20. The lowest BCUT2D eigenvalue weighted by atomic mass is 9.99. The van der Waals surface area contributed by atoms with Gasteiger partial charge in [0.15, 0.2) is 5.78 Å². The van der Waals surface area contributed by atoms with E-state index in [1.807, 2.05) is 41.5 Å². The lowest BCUT2D eigenvalue weighted by molar-refractivity contribution is 0.0994. The van der Waals surface area contributed by atoms with Crippen molar-refractivity contribution in [1.82, 2.24) is 15.3 Å². The van der Waals surface area contributed by atoms with Crippen LogP contribution in [0, 0.1) is 0 Å². The van der Waals surface area contributed by atoms with Gasteiger partial charge in [0.25, 0.3) is 0 Å². The number of nitrogens with one attached hydrogen (secondary N) is 1. The van der Waals surface area contributed by atoms with E-state index in [1.54, 1.807) is 18.6 Å². The molecule has 0 bridgehead atoms. The number of nitrogens with zero attached hydrogens (tertiary/aromatic N) is 2. The molecule has 0 amide bonds. The second-order valence-corrected chi connectivity index (χ2v) is 8.58. The van der Waals surface area contributed by atoms with Crippen LogP contribution in [-0.2, 0) is 12.8 Å². The van der Waals surface area contributed by atoms with E-state index in [0.717, 1.165) is 52.9 Å². The van der Waals surface area contributed by atoms with Crippen LogP contribution in [0.25, 0.3) is 11.3 Å². The van der Waals surface area contributed by atoms with E-state index in [4.69, 9.17) is 0 Å². The van der Waals surface area contributed by atoms with Crippen LogP contribution in [0.3, 0.4) is 0 Å². The van der Waals surface area contributed by atoms with E-state index in [-0.39, 0.29) is 6.04 Å². The molecule has 0 saturated carbocycles. The van der Waals surface area contributed by atoms with Crippen LogP contribution in [0.15, 0.2) is 85.5 Å². The number of aromatic nitrogens is 2. The molecule has 0 spiro atoms. The van der Waals surface area contributed by atoms with Crippen molar-refractivity contribution in [2.75, 3.05) is 0 Å². The number of benzene rings is 2. The Morgan fingerprint density at radius 2 is 1.65 bits per heavy atom. The van der Waals surface area contributed by atoms with Crippen LogP contribution in [-0.4, -0.2) is 15.8 Å². The number of allylic oxidation sites excluding steroid dienone is 1. The second kappa shape index (κ2) is 17.0. The average Bonchev–Trinajstić information content (AvgIpc) is 3.30. The second-order valence-electron chi connectivity index (χ2n) is 8.58. The van der Waals surface area contributed by atoms with Crippen LogP contribution in [0.1, 0.15) is 94.4 Å². The zero-order chi connectivity index (χ0) is 27.8. The Morgan fingerprint density at radius 1 is 0.973 bits per heavy atom.